The van der Waals surface area contributed by atoms with Crippen molar-refractivity contribution in [1.82, 2.24) is 0 Å². The highest BCUT2D eigenvalue weighted by Gasteiger charge is 2.53. The van der Waals surface area contributed by atoms with E-state index in [1.807, 2.05) is 6.92 Å². The minimum Gasteiger partial charge on any atom is -0.403 e. The molecular formula is C25H33BO4. The first-order chi connectivity index (χ1) is 14.2. The molecular weight excluding hydrogens is 375 g/mol. The van der Waals surface area contributed by atoms with Crippen molar-refractivity contribution in [3.8, 4) is 0 Å². The summed E-state index contributed by atoms with van der Waals surface area (Å²) in [4.78, 5) is 0. The van der Waals surface area contributed by atoms with Gasteiger partial charge in [-0.15, -0.1) is 0 Å². The SMILES string of the molecule is CC1(c2ccc(C(CCc3ccccc3)B3OC(C)(C)C(C)(C)O3)cc2)OCCO1. The Morgan fingerprint density at radius 2 is 1.37 bits per heavy atom. The molecule has 2 heterocycles. The zero-order chi connectivity index (χ0) is 21.4. The van der Waals surface area contributed by atoms with Crippen LogP contribution in [-0.4, -0.2) is 31.5 Å². The van der Waals surface area contributed by atoms with E-state index in [0.29, 0.717) is 13.2 Å². The summed E-state index contributed by atoms with van der Waals surface area (Å²) < 4.78 is 24.5. The molecule has 2 aromatic rings. The molecule has 5 heteroatoms. The second-order valence-electron chi connectivity index (χ2n) is 9.52. The van der Waals surface area contributed by atoms with Gasteiger partial charge in [-0.3, -0.25) is 0 Å². The predicted octanol–water partition coefficient (Wildman–Crippen LogP) is 5.25. The number of aryl methyl sites for hydroxylation is 1. The fourth-order valence-electron chi connectivity index (χ4n) is 4.19. The van der Waals surface area contributed by atoms with Crippen molar-refractivity contribution < 1.29 is 18.8 Å². The van der Waals surface area contributed by atoms with E-state index in [1.54, 1.807) is 0 Å². The Hall–Kier alpha value is -1.66. The molecule has 0 amide bonds. The average molecular weight is 408 g/mol. The van der Waals surface area contributed by atoms with Gasteiger partial charge in [0.05, 0.1) is 24.4 Å². The van der Waals surface area contributed by atoms with Crippen LogP contribution in [0.1, 0.15) is 63.5 Å². The molecule has 0 saturated carbocycles. The molecule has 0 spiro atoms. The van der Waals surface area contributed by atoms with Crippen LogP contribution in [0.2, 0.25) is 0 Å². The van der Waals surface area contributed by atoms with Gasteiger partial charge in [-0.05, 0) is 58.6 Å². The van der Waals surface area contributed by atoms with Gasteiger partial charge in [-0.1, -0.05) is 54.6 Å². The van der Waals surface area contributed by atoms with Crippen LogP contribution in [0, 0.1) is 0 Å². The van der Waals surface area contributed by atoms with Crippen LogP contribution < -0.4 is 0 Å². The van der Waals surface area contributed by atoms with Crippen LogP contribution in [0.3, 0.4) is 0 Å². The lowest BCUT2D eigenvalue weighted by molar-refractivity contribution is -0.149. The molecule has 2 aliphatic rings. The fourth-order valence-corrected chi connectivity index (χ4v) is 4.19. The van der Waals surface area contributed by atoms with Gasteiger partial charge >= 0.3 is 7.12 Å². The van der Waals surface area contributed by atoms with Crippen molar-refractivity contribution in [2.24, 2.45) is 0 Å². The Morgan fingerprint density at radius 3 is 1.93 bits per heavy atom. The van der Waals surface area contributed by atoms with Crippen molar-refractivity contribution in [2.75, 3.05) is 13.2 Å². The normalized spacial score (nSPS) is 22.9. The molecule has 2 aromatic carbocycles. The van der Waals surface area contributed by atoms with Crippen molar-refractivity contribution in [2.45, 2.75) is 70.3 Å². The minimum absolute atomic E-state index is 0.138. The third kappa shape index (κ3) is 4.22. The molecule has 0 N–H and O–H groups in total. The summed E-state index contributed by atoms with van der Waals surface area (Å²) in [6.07, 6.45) is 1.92. The second-order valence-corrected chi connectivity index (χ2v) is 9.52. The lowest BCUT2D eigenvalue weighted by atomic mass is 9.65. The van der Waals surface area contributed by atoms with E-state index in [4.69, 9.17) is 18.8 Å². The maximum Gasteiger partial charge on any atom is 0.465 e. The van der Waals surface area contributed by atoms with Gasteiger partial charge in [0.1, 0.15) is 0 Å². The van der Waals surface area contributed by atoms with E-state index < -0.39 is 5.79 Å². The molecule has 4 nitrogen and oxygen atoms in total. The summed E-state index contributed by atoms with van der Waals surface area (Å²) >= 11 is 0. The standard InChI is InChI=1S/C25H33BO4/c1-23(2)24(3,4)30-26(29-23)22(16-11-19-9-7-6-8-10-19)20-12-14-21(15-13-20)25(5)27-17-18-28-25/h6-10,12-15,22H,11,16-18H2,1-5H3. The van der Waals surface area contributed by atoms with E-state index in [1.165, 1.54) is 11.1 Å². The average Bonchev–Trinajstić information content (AvgIpc) is 3.24. The maximum absolute atomic E-state index is 6.45. The van der Waals surface area contributed by atoms with Crippen molar-refractivity contribution in [3.05, 3.63) is 71.3 Å². The Morgan fingerprint density at radius 1 is 0.800 bits per heavy atom. The molecule has 160 valence electrons. The van der Waals surface area contributed by atoms with Gasteiger partial charge in [-0.2, -0.15) is 0 Å². The summed E-state index contributed by atoms with van der Waals surface area (Å²) in [6, 6.07) is 19.2. The van der Waals surface area contributed by atoms with E-state index in [2.05, 4.69) is 82.3 Å². The Bertz CT molecular complexity index is 825. The summed E-state index contributed by atoms with van der Waals surface area (Å²) in [5.41, 5.74) is 2.90. The fraction of sp³-hybridized carbons (Fsp3) is 0.520. The van der Waals surface area contributed by atoms with Gasteiger partial charge in [0.25, 0.3) is 0 Å². The summed E-state index contributed by atoms with van der Waals surface area (Å²) in [7, 11) is -0.279. The van der Waals surface area contributed by atoms with Crippen LogP contribution in [0.15, 0.2) is 54.6 Å². The molecule has 0 aliphatic carbocycles. The highest BCUT2D eigenvalue weighted by Crippen LogP contribution is 2.42. The van der Waals surface area contributed by atoms with E-state index >= 15 is 0 Å². The van der Waals surface area contributed by atoms with Crippen LogP contribution in [0.4, 0.5) is 0 Å². The Labute approximate surface area is 181 Å². The zero-order valence-corrected chi connectivity index (χ0v) is 18.8. The van der Waals surface area contributed by atoms with Crippen LogP contribution in [0.25, 0.3) is 0 Å². The number of benzene rings is 2. The van der Waals surface area contributed by atoms with Crippen LogP contribution >= 0.6 is 0 Å². The summed E-state index contributed by atoms with van der Waals surface area (Å²) in [5, 5.41) is 0. The van der Waals surface area contributed by atoms with Gasteiger partial charge < -0.3 is 18.8 Å². The number of ether oxygens (including phenoxy) is 2. The van der Waals surface area contributed by atoms with Crippen molar-refractivity contribution in [3.63, 3.8) is 0 Å². The molecule has 2 aliphatic heterocycles. The minimum atomic E-state index is -0.650. The lowest BCUT2D eigenvalue weighted by Gasteiger charge is -2.32. The lowest BCUT2D eigenvalue weighted by Crippen LogP contribution is -2.41. The topological polar surface area (TPSA) is 36.9 Å². The quantitative estimate of drug-likeness (QED) is 0.612. The first-order valence-corrected chi connectivity index (χ1v) is 11.0. The maximum atomic E-state index is 6.45. The van der Waals surface area contributed by atoms with Crippen LogP contribution in [0.5, 0.6) is 0 Å². The first kappa shape index (κ1) is 21.6. The third-order valence-electron chi connectivity index (χ3n) is 6.89. The number of hydrogen-bond donors (Lipinski definition) is 0. The molecule has 4 rings (SSSR count). The first-order valence-electron chi connectivity index (χ1n) is 11.0. The number of rotatable bonds is 6. The third-order valence-corrected chi connectivity index (χ3v) is 6.89. The summed E-state index contributed by atoms with van der Waals surface area (Å²) in [5.74, 6) is -0.513. The van der Waals surface area contributed by atoms with Crippen molar-refractivity contribution >= 4 is 7.12 Å². The monoisotopic (exact) mass is 408 g/mol. The molecule has 0 radical (unpaired) electrons. The Balaban J connectivity index is 1.58. The van der Waals surface area contributed by atoms with Crippen molar-refractivity contribution in [1.29, 1.82) is 0 Å². The molecule has 0 aromatic heterocycles. The molecule has 1 atom stereocenters. The molecule has 30 heavy (non-hydrogen) atoms. The van der Waals surface area contributed by atoms with Gasteiger partial charge in [0, 0.05) is 11.4 Å². The van der Waals surface area contributed by atoms with E-state index in [-0.39, 0.29) is 24.1 Å². The molecule has 1 unspecified atom stereocenters. The van der Waals surface area contributed by atoms with Gasteiger partial charge in [0.15, 0.2) is 5.79 Å². The van der Waals surface area contributed by atoms with E-state index in [0.717, 1.165) is 18.4 Å². The summed E-state index contributed by atoms with van der Waals surface area (Å²) in [6.45, 7) is 11.7. The zero-order valence-electron chi connectivity index (χ0n) is 18.8. The largest absolute Gasteiger partial charge is 0.465 e. The Kier molecular flexibility index (Phi) is 5.84. The van der Waals surface area contributed by atoms with Gasteiger partial charge in [0.2, 0.25) is 0 Å². The van der Waals surface area contributed by atoms with Gasteiger partial charge in [-0.25, -0.2) is 0 Å². The highest BCUT2D eigenvalue weighted by atomic mass is 16.7. The predicted molar refractivity (Wildman–Crippen MR) is 119 cm³/mol. The van der Waals surface area contributed by atoms with E-state index in [9.17, 15) is 0 Å². The molecule has 0 bridgehead atoms. The smallest absolute Gasteiger partial charge is 0.403 e. The molecule has 2 fully saturated rings. The van der Waals surface area contributed by atoms with Crippen LogP contribution in [-0.2, 0) is 31.0 Å². The number of hydrogen-bond acceptors (Lipinski definition) is 4. The highest BCUT2D eigenvalue weighted by molar-refractivity contribution is 6.47. The second kappa shape index (κ2) is 8.12. The molecule has 2 saturated heterocycles.